The van der Waals surface area contributed by atoms with E-state index < -0.39 is 0 Å². The van der Waals surface area contributed by atoms with Crippen LogP contribution in [0.1, 0.15) is 30.5 Å². The van der Waals surface area contributed by atoms with Crippen LogP contribution in [0.25, 0.3) is 0 Å². The Morgan fingerprint density at radius 3 is 3.12 bits per heavy atom. The number of pyridine rings is 1. The van der Waals surface area contributed by atoms with Gasteiger partial charge in [-0.3, -0.25) is 0 Å². The van der Waals surface area contributed by atoms with Gasteiger partial charge < -0.3 is 10.6 Å². The molecule has 0 aliphatic carbocycles. The molecular weight excluding hydrogens is 212 g/mol. The molecule has 4 nitrogen and oxygen atoms in total. The van der Waals surface area contributed by atoms with Crippen LogP contribution in [0, 0.1) is 18.3 Å². The van der Waals surface area contributed by atoms with Crippen molar-refractivity contribution >= 4 is 5.82 Å². The summed E-state index contributed by atoms with van der Waals surface area (Å²) >= 11 is 0. The highest BCUT2D eigenvalue weighted by Crippen LogP contribution is 2.13. The van der Waals surface area contributed by atoms with E-state index in [1.165, 1.54) is 19.3 Å². The monoisotopic (exact) mass is 230 g/mol. The van der Waals surface area contributed by atoms with Crippen molar-refractivity contribution in [2.75, 3.05) is 18.4 Å². The Morgan fingerprint density at radius 1 is 1.53 bits per heavy atom. The van der Waals surface area contributed by atoms with Crippen LogP contribution < -0.4 is 10.6 Å². The smallest absolute Gasteiger partial charge is 0.144 e. The van der Waals surface area contributed by atoms with Crippen molar-refractivity contribution in [3.8, 4) is 6.07 Å². The Hall–Kier alpha value is -1.60. The van der Waals surface area contributed by atoms with Crippen LogP contribution in [0.15, 0.2) is 12.1 Å². The minimum Gasteiger partial charge on any atom is -0.367 e. The topological polar surface area (TPSA) is 60.7 Å². The molecule has 1 aromatic rings. The quantitative estimate of drug-likeness (QED) is 0.831. The SMILES string of the molecule is Cc1ccc(C#N)c(NCC2CCCCN2)n1. The molecule has 2 N–H and O–H groups in total. The van der Waals surface area contributed by atoms with Crippen LogP contribution in [-0.2, 0) is 0 Å². The van der Waals surface area contributed by atoms with E-state index in [1.54, 1.807) is 0 Å². The molecule has 1 aromatic heterocycles. The molecule has 1 saturated heterocycles. The number of anilines is 1. The summed E-state index contributed by atoms with van der Waals surface area (Å²) in [5.74, 6) is 0.708. The Bertz CT molecular complexity index is 416. The zero-order valence-electron chi connectivity index (χ0n) is 10.2. The minimum atomic E-state index is 0.498. The summed E-state index contributed by atoms with van der Waals surface area (Å²) in [4.78, 5) is 4.37. The number of hydrogen-bond donors (Lipinski definition) is 2. The maximum Gasteiger partial charge on any atom is 0.144 e. The lowest BCUT2D eigenvalue weighted by Crippen LogP contribution is -2.39. The average Bonchev–Trinajstić information content (AvgIpc) is 2.38. The fourth-order valence-corrected chi connectivity index (χ4v) is 2.10. The Labute approximate surface area is 102 Å². The number of piperidine rings is 1. The molecule has 4 heteroatoms. The lowest BCUT2D eigenvalue weighted by molar-refractivity contribution is 0.414. The number of nitriles is 1. The van der Waals surface area contributed by atoms with Crippen molar-refractivity contribution in [1.82, 2.24) is 10.3 Å². The van der Waals surface area contributed by atoms with Gasteiger partial charge in [-0.25, -0.2) is 4.98 Å². The highest BCUT2D eigenvalue weighted by molar-refractivity contribution is 5.52. The van der Waals surface area contributed by atoms with Gasteiger partial charge in [0.1, 0.15) is 11.9 Å². The van der Waals surface area contributed by atoms with Crippen LogP contribution in [0.4, 0.5) is 5.82 Å². The number of hydrogen-bond acceptors (Lipinski definition) is 4. The van der Waals surface area contributed by atoms with Gasteiger partial charge in [0, 0.05) is 18.3 Å². The van der Waals surface area contributed by atoms with Gasteiger partial charge in [-0.2, -0.15) is 5.26 Å². The van der Waals surface area contributed by atoms with Gasteiger partial charge in [0.15, 0.2) is 0 Å². The second-order valence-electron chi connectivity index (χ2n) is 4.49. The van der Waals surface area contributed by atoms with Crippen molar-refractivity contribution in [2.24, 2.45) is 0 Å². The molecule has 0 saturated carbocycles. The van der Waals surface area contributed by atoms with E-state index in [1.807, 2.05) is 19.1 Å². The summed E-state index contributed by atoms with van der Waals surface area (Å²) in [5, 5.41) is 15.7. The predicted molar refractivity (Wildman–Crippen MR) is 67.8 cm³/mol. The van der Waals surface area contributed by atoms with Crippen molar-refractivity contribution in [3.63, 3.8) is 0 Å². The minimum absolute atomic E-state index is 0.498. The van der Waals surface area contributed by atoms with Crippen LogP contribution in [0.2, 0.25) is 0 Å². The largest absolute Gasteiger partial charge is 0.367 e. The molecule has 1 aliphatic rings. The molecule has 0 bridgehead atoms. The molecule has 90 valence electrons. The predicted octanol–water partition coefficient (Wildman–Crippen LogP) is 1.82. The normalized spacial score (nSPS) is 19.6. The highest BCUT2D eigenvalue weighted by Gasteiger charge is 2.13. The lowest BCUT2D eigenvalue weighted by atomic mass is 10.1. The molecule has 0 spiro atoms. The molecular formula is C13H18N4. The van der Waals surface area contributed by atoms with E-state index in [2.05, 4.69) is 21.7 Å². The molecule has 17 heavy (non-hydrogen) atoms. The molecule has 2 rings (SSSR count). The van der Waals surface area contributed by atoms with Crippen molar-refractivity contribution in [2.45, 2.75) is 32.2 Å². The highest BCUT2D eigenvalue weighted by atomic mass is 15.0. The first-order chi connectivity index (χ1) is 8.29. The van der Waals surface area contributed by atoms with Crippen molar-refractivity contribution in [3.05, 3.63) is 23.4 Å². The van der Waals surface area contributed by atoms with Crippen LogP contribution >= 0.6 is 0 Å². The van der Waals surface area contributed by atoms with E-state index in [-0.39, 0.29) is 0 Å². The van der Waals surface area contributed by atoms with E-state index in [0.717, 1.165) is 18.8 Å². The number of rotatable bonds is 3. The number of nitrogens with zero attached hydrogens (tertiary/aromatic N) is 2. The average molecular weight is 230 g/mol. The molecule has 1 atom stereocenters. The Kier molecular flexibility index (Phi) is 3.94. The third kappa shape index (κ3) is 3.18. The molecule has 1 unspecified atom stereocenters. The summed E-state index contributed by atoms with van der Waals surface area (Å²) in [7, 11) is 0. The van der Waals surface area contributed by atoms with E-state index in [4.69, 9.17) is 5.26 Å². The molecule has 0 amide bonds. The first-order valence-electron chi connectivity index (χ1n) is 6.14. The maximum atomic E-state index is 9.00. The number of nitrogens with one attached hydrogen (secondary N) is 2. The van der Waals surface area contributed by atoms with Gasteiger partial charge in [-0.05, 0) is 38.4 Å². The van der Waals surface area contributed by atoms with E-state index in [9.17, 15) is 0 Å². The summed E-state index contributed by atoms with van der Waals surface area (Å²) < 4.78 is 0. The van der Waals surface area contributed by atoms with Crippen molar-refractivity contribution in [1.29, 1.82) is 5.26 Å². The standard InChI is InChI=1S/C13H18N4/c1-10-5-6-11(8-14)13(17-10)16-9-12-4-2-3-7-15-12/h5-6,12,15H,2-4,7,9H2,1H3,(H,16,17). The molecule has 0 radical (unpaired) electrons. The fraction of sp³-hybridized carbons (Fsp3) is 0.538. The summed E-state index contributed by atoms with van der Waals surface area (Å²) in [5.41, 5.74) is 1.55. The second kappa shape index (κ2) is 5.65. The van der Waals surface area contributed by atoms with Gasteiger partial charge in [0.25, 0.3) is 0 Å². The van der Waals surface area contributed by atoms with Gasteiger partial charge >= 0.3 is 0 Å². The number of aromatic nitrogens is 1. The summed E-state index contributed by atoms with van der Waals surface area (Å²) in [6.45, 7) is 3.87. The maximum absolute atomic E-state index is 9.00. The first kappa shape index (κ1) is 11.9. The summed E-state index contributed by atoms with van der Waals surface area (Å²) in [6, 6.07) is 6.34. The zero-order chi connectivity index (χ0) is 12.1. The number of aryl methyl sites for hydroxylation is 1. The van der Waals surface area contributed by atoms with Gasteiger partial charge in [-0.15, -0.1) is 0 Å². The Morgan fingerprint density at radius 2 is 2.41 bits per heavy atom. The first-order valence-corrected chi connectivity index (χ1v) is 6.14. The third-order valence-electron chi connectivity index (χ3n) is 3.08. The van der Waals surface area contributed by atoms with Crippen LogP contribution in [0.3, 0.4) is 0 Å². The van der Waals surface area contributed by atoms with Crippen LogP contribution in [-0.4, -0.2) is 24.1 Å². The molecule has 0 aromatic carbocycles. The molecule has 2 heterocycles. The van der Waals surface area contributed by atoms with Gasteiger partial charge in [0.05, 0.1) is 5.56 Å². The van der Waals surface area contributed by atoms with Crippen LogP contribution in [0.5, 0.6) is 0 Å². The van der Waals surface area contributed by atoms with E-state index >= 15 is 0 Å². The van der Waals surface area contributed by atoms with Gasteiger partial charge in [0.2, 0.25) is 0 Å². The Balaban J connectivity index is 1.98. The van der Waals surface area contributed by atoms with E-state index in [0.29, 0.717) is 17.4 Å². The van der Waals surface area contributed by atoms with Crippen molar-refractivity contribution < 1.29 is 0 Å². The van der Waals surface area contributed by atoms with Gasteiger partial charge in [-0.1, -0.05) is 6.42 Å². The zero-order valence-corrected chi connectivity index (χ0v) is 10.2. The second-order valence-corrected chi connectivity index (χ2v) is 4.49. The lowest BCUT2D eigenvalue weighted by Gasteiger charge is -2.24. The fourth-order valence-electron chi connectivity index (χ4n) is 2.10. The summed E-state index contributed by atoms with van der Waals surface area (Å²) in [6.07, 6.45) is 3.75. The molecule has 1 aliphatic heterocycles. The molecule has 1 fully saturated rings. The third-order valence-corrected chi connectivity index (χ3v) is 3.08.